The van der Waals surface area contributed by atoms with Gasteiger partial charge >= 0.3 is 0 Å². The summed E-state index contributed by atoms with van der Waals surface area (Å²) in [5.74, 6) is 3.19. The first kappa shape index (κ1) is 14.6. The van der Waals surface area contributed by atoms with Crippen molar-refractivity contribution in [2.24, 2.45) is 5.92 Å². The SMILES string of the molecule is CCSSCCN1CCC(CCOO)CC1. The van der Waals surface area contributed by atoms with Crippen molar-refractivity contribution in [2.45, 2.75) is 26.2 Å². The molecule has 96 valence electrons. The van der Waals surface area contributed by atoms with E-state index in [1.807, 2.05) is 21.6 Å². The maximum Gasteiger partial charge on any atom is 0.0822 e. The highest BCUT2D eigenvalue weighted by atomic mass is 33.1. The maximum atomic E-state index is 8.30. The van der Waals surface area contributed by atoms with E-state index >= 15 is 0 Å². The van der Waals surface area contributed by atoms with E-state index in [1.54, 1.807) is 0 Å². The Labute approximate surface area is 107 Å². The molecule has 0 bridgehead atoms. The summed E-state index contributed by atoms with van der Waals surface area (Å²) in [4.78, 5) is 6.70. The lowest BCUT2D eigenvalue weighted by Gasteiger charge is -2.31. The fourth-order valence-corrected chi connectivity index (χ4v) is 3.72. The van der Waals surface area contributed by atoms with Gasteiger partial charge < -0.3 is 4.90 Å². The highest BCUT2D eigenvalue weighted by Gasteiger charge is 2.18. The molecule has 0 spiro atoms. The molecule has 0 aromatic carbocycles. The van der Waals surface area contributed by atoms with Crippen molar-refractivity contribution < 1.29 is 10.1 Å². The second kappa shape index (κ2) is 9.59. The Morgan fingerprint density at radius 1 is 1.31 bits per heavy atom. The van der Waals surface area contributed by atoms with Crippen LogP contribution in [0.25, 0.3) is 0 Å². The normalized spacial score (nSPS) is 19.1. The lowest BCUT2D eigenvalue weighted by Crippen LogP contribution is -2.35. The number of rotatable bonds is 8. The van der Waals surface area contributed by atoms with Crippen molar-refractivity contribution in [2.75, 3.05) is 37.7 Å². The summed E-state index contributed by atoms with van der Waals surface area (Å²) in [6.45, 7) is 6.35. The minimum atomic E-state index is 0.494. The van der Waals surface area contributed by atoms with E-state index < -0.39 is 0 Å². The van der Waals surface area contributed by atoms with Gasteiger partial charge in [0.15, 0.2) is 0 Å². The van der Waals surface area contributed by atoms with Crippen LogP contribution in [0.2, 0.25) is 0 Å². The Balaban J connectivity index is 1.98. The fraction of sp³-hybridized carbons (Fsp3) is 1.00. The van der Waals surface area contributed by atoms with Crippen molar-refractivity contribution in [3.8, 4) is 0 Å². The summed E-state index contributed by atoms with van der Waals surface area (Å²) in [7, 11) is 3.94. The standard InChI is InChI=1S/C11H23NO2S2/c1-2-15-16-10-8-12-6-3-11(4-7-12)5-9-14-13/h11,13H,2-10H2,1H3. The van der Waals surface area contributed by atoms with Gasteiger partial charge in [0, 0.05) is 18.1 Å². The van der Waals surface area contributed by atoms with Crippen LogP contribution < -0.4 is 0 Å². The molecule has 0 unspecified atom stereocenters. The van der Waals surface area contributed by atoms with Crippen LogP contribution >= 0.6 is 21.6 Å². The molecule has 1 rings (SSSR count). The Morgan fingerprint density at radius 3 is 2.69 bits per heavy atom. The van der Waals surface area contributed by atoms with E-state index in [4.69, 9.17) is 5.26 Å². The zero-order valence-electron chi connectivity index (χ0n) is 10.1. The molecule has 16 heavy (non-hydrogen) atoms. The second-order valence-electron chi connectivity index (χ2n) is 4.14. The summed E-state index contributed by atoms with van der Waals surface area (Å²) in [5.41, 5.74) is 0. The van der Waals surface area contributed by atoms with Crippen molar-refractivity contribution in [3.05, 3.63) is 0 Å². The molecule has 0 aromatic rings. The Morgan fingerprint density at radius 2 is 2.06 bits per heavy atom. The molecule has 1 saturated heterocycles. The van der Waals surface area contributed by atoms with Crippen LogP contribution in [0.5, 0.6) is 0 Å². The third-order valence-electron chi connectivity index (χ3n) is 3.02. The minimum absolute atomic E-state index is 0.494. The third-order valence-corrected chi connectivity index (χ3v) is 5.48. The predicted molar refractivity (Wildman–Crippen MR) is 73.0 cm³/mol. The maximum absolute atomic E-state index is 8.30. The Kier molecular flexibility index (Phi) is 8.78. The first-order valence-corrected chi connectivity index (χ1v) is 8.58. The molecule has 1 N–H and O–H groups in total. The molecule has 0 radical (unpaired) electrons. The molecular formula is C11H23NO2S2. The van der Waals surface area contributed by atoms with Crippen molar-refractivity contribution in [1.29, 1.82) is 0 Å². The van der Waals surface area contributed by atoms with Crippen LogP contribution in [0.15, 0.2) is 0 Å². The molecule has 1 aliphatic heterocycles. The number of hydrogen-bond donors (Lipinski definition) is 1. The van der Waals surface area contributed by atoms with Crippen molar-refractivity contribution in [3.63, 3.8) is 0 Å². The van der Waals surface area contributed by atoms with Crippen LogP contribution in [-0.4, -0.2) is 47.9 Å². The summed E-state index contributed by atoms with van der Waals surface area (Å²) in [6, 6.07) is 0. The first-order chi connectivity index (χ1) is 7.86. The molecule has 3 nitrogen and oxygen atoms in total. The van der Waals surface area contributed by atoms with Crippen LogP contribution in [0.1, 0.15) is 26.2 Å². The zero-order chi connectivity index (χ0) is 11.6. The van der Waals surface area contributed by atoms with Gasteiger partial charge in [-0.3, -0.25) is 5.26 Å². The van der Waals surface area contributed by atoms with E-state index in [0.29, 0.717) is 6.61 Å². The lowest BCUT2D eigenvalue weighted by molar-refractivity contribution is -0.244. The van der Waals surface area contributed by atoms with Crippen LogP contribution in [0.3, 0.4) is 0 Å². The van der Waals surface area contributed by atoms with Crippen LogP contribution in [0.4, 0.5) is 0 Å². The van der Waals surface area contributed by atoms with Gasteiger partial charge in [0.05, 0.1) is 6.61 Å². The van der Waals surface area contributed by atoms with Gasteiger partial charge in [-0.15, -0.1) is 0 Å². The number of piperidine rings is 1. The van der Waals surface area contributed by atoms with Gasteiger partial charge in [0.2, 0.25) is 0 Å². The van der Waals surface area contributed by atoms with Gasteiger partial charge in [-0.05, 0) is 38.3 Å². The van der Waals surface area contributed by atoms with Gasteiger partial charge in [-0.25, -0.2) is 4.89 Å². The topological polar surface area (TPSA) is 32.7 Å². The van der Waals surface area contributed by atoms with Gasteiger partial charge in [0.1, 0.15) is 0 Å². The van der Waals surface area contributed by atoms with E-state index in [2.05, 4.69) is 16.7 Å². The molecule has 0 aromatic heterocycles. The summed E-state index contributed by atoms with van der Waals surface area (Å²) < 4.78 is 0. The van der Waals surface area contributed by atoms with Crippen LogP contribution in [0, 0.1) is 5.92 Å². The molecular weight excluding hydrogens is 242 g/mol. The van der Waals surface area contributed by atoms with Crippen LogP contribution in [-0.2, 0) is 4.89 Å². The highest BCUT2D eigenvalue weighted by molar-refractivity contribution is 8.76. The number of nitrogens with zero attached hydrogens (tertiary/aromatic N) is 1. The molecule has 5 heteroatoms. The Bertz CT molecular complexity index is 164. The van der Waals surface area contributed by atoms with E-state index in [0.717, 1.165) is 12.3 Å². The molecule has 0 amide bonds. The lowest BCUT2D eigenvalue weighted by atomic mass is 9.94. The number of hydrogen-bond acceptors (Lipinski definition) is 5. The van der Waals surface area contributed by atoms with Gasteiger partial charge in [-0.2, -0.15) is 0 Å². The second-order valence-corrected chi connectivity index (χ2v) is 7.01. The average Bonchev–Trinajstić information content (AvgIpc) is 2.33. The summed E-state index contributed by atoms with van der Waals surface area (Å²) >= 11 is 0. The smallest absolute Gasteiger partial charge is 0.0822 e. The molecule has 1 aliphatic rings. The third kappa shape index (κ3) is 6.35. The quantitative estimate of drug-likeness (QED) is 0.316. The van der Waals surface area contributed by atoms with Gasteiger partial charge in [0.25, 0.3) is 0 Å². The molecule has 0 aliphatic carbocycles. The van der Waals surface area contributed by atoms with E-state index in [9.17, 15) is 0 Å². The first-order valence-electron chi connectivity index (χ1n) is 6.10. The van der Waals surface area contributed by atoms with Crippen molar-refractivity contribution >= 4 is 21.6 Å². The molecule has 1 fully saturated rings. The molecule has 0 saturated carbocycles. The largest absolute Gasteiger partial charge is 0.302 e. The van der Waals surface area contributed by atoms with Crippen molar-refractivity contribution in [1.82, 2.24) is 4.90 Å². The zero-order valence-corrected chi connectivity index (χ0v) is 11.7. The molecule has 1 heterocycles. The monoisotopic (exact) mass is 265 g/mol. The Hall–Kier alpha value is 0.580. The average molecular weight is 265 g/mol. The highest BCUT2D eigenvalue weighted by Crippen LogP contribution is 2.23. The van der Waals surface area contributed by atoms with E-state index in [1.165, 1.54) is 44.0 Å². The summed E-state index contributed by atoms with van der Waals surface area (Å²) in [5, 5.41) is 8.30. The summed E-state index contributed by atoms with van der Waals surface area (Å²) in [6.07, 6.45) is 3.52. The number of likely N-dealkylation sites (tertiary alicyclic amines) is 1. The predicted octanol–water partition coefficient (Wildman–Crippen LogP) is 2.98. The van der Waals surface area contributed by atoms with Gasteiger partial charge in [-0.1, -0.05) is 28.5 Å². The minimum Gasteiger partial charge on any atom is -0.302 e. The fourth-order valence-electron chi connectivity index (χ4n) is 2.03. The van der Waals surface area contributed by atoms with E-state index in [-0.39, 0.29) is 0 Å². The molecule has 0 atom stereocenters.